The Hall–Kier alpha value is -0.0800. The fourth-order valence-corrected chi connectivity index (χ4v) is 1.13. The highest BCUT2D eigenvalue weighted by Crippen LogP contribution is 2.05. The van der Waals surface area contributed by atoms with Crippen LogP contribution in [0.15, 0.2) is 0 Å². The number of rotatable bonds is 2. The molecule has 1 rings (SSSR count). The first-order chi connectivity index (χ1) is 5.29. The highest BCUT2D eigenvalue weighted by Gasteiger charge is 2.15. The molecule has 0 aromatic carbocycles. The lowest BCUT2D eigenvalue weighted by Gasteiger charge is -2.12. The van der Waals surface area contributed by atoms with E-state index in [1.165, 1.54) is 6.42 Å². The van der Waals surface area contributed by atoms with E-state index >= 15 is 0 Å². The smallest absolute Gasteiger partial charge is 0.0715 e. The first-order valence-electron chi connectivity index (χ1n) is 4.65. The zero-order valence-electron chi connectivity index (χ0n) is 8.18. The molecule has 11 heavy (non-hydrogen) atoms. The van der Waals surface area contributed by atoms with Crippen LogP contribution >= 0.6 is 0 Å². The molecule has 0 bridgehead atoms. The molecule has 1 N–H and O–H groups in total. The van der Waals surface area contributed by atoms with E-state index in [0.717, 1.165) is 13.1 Å². The topological polar surface area (TPSA) is 21.3 Å². The summed E-state index contributed by atoms with van der Waals surface area (Å²) in [7, 11) is 0. The van der Waals surface area contributed by atoms with Crippen LogP contribution in [0.5, 0.6) is 0 Å². The van der Waals surface area contributed by atoms with Crippen LogP contribution in [0, 0.1) is 0 Å². The average molecular weight is 159 g/mol. The summed E-state index contributed by atoms with van der Waals surface area (Å²) in [6.07, 6.45) is 2.04. The SMILES string of the molecule is CC.CC(C)OC1CCNC1. The zero-order chi connectivity index (χ0) is 8.69. The van der Waals surface area contributed by atoms with Gasteiger partial charge in [0.25, 0.3) is 0 Å². The van der Waals surface area contributed by atoms with E-state index in [1.54, 1.807) is 0 Å². The maximum Gasteiger partial charge on any atom is 0.0715 e. The molecule has 0 aromatic heterocycles. The maximum absolute atomic E-state index is 5.55. The second-order valence-electron chi connectivity index (χ2n) is 2.80. The van der Waals surface area contributed by atoms with Gasteiger partial charge in [-0.15, -0.1) is 0 Å². The molecule has 0 aromatic rings. The van der Waals surface area contributed by atoms with Crippen molar-refractivity contribution in [1.29, 1.82) is 0 Å². The van der Waals surface area contributed by atoms with Gasteiger partial charge in [0.2, 0.25) is 0 Å². The molecule has 68 valence electrons. The van der Waals surface area contributed by atoms with Crippen LogP contribution in [0.1, 0.15) is 34.1 Å². The Morgan fingerprint density at radius 3 is 2.36 bits per heavy atom. The normalized spacial score (nSPS) is 23.2. The molecular formula is C9H21NO. The summed E-state index contributed by atoms with van der Waals surface area (Å²) in [5.74, 6) is 0. The minimum atomic E-state index is 0.384. The second kappa shape index (κ2) is 6.62. The third-order valence-electron chi connectivity index (χ3n) is 1.48. The number of ether oxygens (including phenoxy) is 1. The van der Waals surface area contributed by atoms with E-state index in [-0.39, 0.29) is 0 Å². The Labute approximate surface area is 70.3 Å². The molecule has 2 nitrogen and oxygen atoms in total. The van der Waals surface area contributed by atoms with E-state index in [0.29, 0.717) is 12.2 Å². The van der Waals surface area contributed by atoms with Crippen molar-refractivity contribution in [3.8, 4) is 0 Å². The van der Waals surface area contributed by atoms with E-state index in [4.69, 9.17) is 4.74 Å². The fourth-order valence-electron chi connectivity index (χ4n) is 1.13. The van der Waals surface area contributed by atoms with E-state index in [2.05, 4.69) is 19.2 Å². The second-order valence-corrected chi connectivity index (χ2v) is 2.80. The van der Waals surface area contributed by atoms with E-state index in [9.17, 15) is 0 Å². The van der Waals surface area contributed by atoms with Crippen molar-refractivity contribution in [3.05, 3.63) is 0 Å². The van der Waals surface area contributed by atoms with Gasteiger partial charge in [0.15, 0.2) is 0 Å². The van der Waals surface area contributed by atoms with Crippen molar-refractivity contribution in [1.82, 2.24) is 5.32 Å². The first-order valence-corrected chi connectivity index (χ1v) is 4.65. The summed E-state index contributed by atoms with van der Waals surface area (Å²) in [6.45, 7) is 10.3. The molecule has 1 saturated heterocycles. The minimum Gasteiger partial charge on any atom is -0.374 e. The molecule has 1 aliphatic heterocycles. The van der Waals surface area contributed by atoms with Gasteiger partial charge in [-0.25, -0.2) is 0 Å². The van der Waals surface area contributed by atoms with Gasteiger partial charge in [0.05, 0.1) is 12.2 Å². The molecule has 1 atom stereocenters. The highest BCUT2D eigenvalue weighted by atomic mass is 16.5. The average Bonchev–Trinajstić information content (AvgIpc) is 2.43. The summed E-state index contributed by atoms with van der Waals surface area (Å²) in [5.41, 5.74) is 0. The van der Waals surface area contributed by atoms with Gasteiger partial charge < -0.3 is 10.1 Å². The van der Waals surface area contributed by atoms with Gasteiger partial charge in [-0.3, -0.25) is 0 Å². The lowest BCUT2D eigenvalue weighted by atomic mass is 10.3. The lowest BCUT2D eigenvalue weighted by molar-refractivity contribution is 0.0201. The number of hydrogen-bond acceptors (Lipinski definition) is 2. The molecule has 0 aliphatic carbocycles. The van der Waals surface area contributed by atoms with Crippen molar-refractivity contribution < 1.29 is 4.74 Å². The van der Waals surface area contributed by atoms with Crippen LogP contribution in [0.2, 0.25) is 0 Å². The van der Waals surface area contributed by atoms with Crippen LogP contribution in [0.3, 0.4) is 0 Å². The van der Waals surface area contributed by atoms with E-state index in [1.807, 2.05) is 13.8 Å². The molecular weight excluding hydrogens is 138 g/mol. The summed E-state index contributed by atoms with van der Waals surface area (Å²) >= 11 is 0. The maximum atomic E-state index is 5.55. The molecule has 1 aliphatic rings. The quantitative estimate of drug-likeness (QED) is 0.663. The van der Waals surface area contributed by atoms with Crippen molar-refractivity contribution in [2.45, 2.75) is 46.3 Å². The Bertz CT molecular complexity index is 77.6. The third kappa shape index (κ3) is 5.22. The van der Waals surface area contributed by atoms with Crippen molar-refractivity contribution in [2.75, 3.05) is 13.1 Å². The van der Waals surface area contributed by atoms with Gasteiger partial charge in [-0.05, 0) is 26.8 Å². The Morgan fingerprint density at radius 2 is 2.00 bits per heavy atom. The summed E-state index contributed by atoms with van der Waals surface area (Å²) in [5, 5.41) is 3.25. The lowest BCUT2D eigenvalue weighted by Crippen LogP contribution is -2.20. The zero-order valence-corrected chi connectivity index (χ0v) is 8.18. The molecule has 0 radical (unpaired) electrons. The van der Waals surface area contributed by atoms with Crippen molar-refractivity contribution in [2.24, 2.45) is 0 Å². The minimum absolute atomic E-state index is 0.384. The molecule has 1 fully saturated rings. The standard InChI is InChI=1S/C7H15NO.C2H6/c1-6(2)9-7-3-4-8-5-7;1-2/h6-8H,3-5H2,1-2H3;1-2H3. The van der Waals surface area contributed by atoms with Crippen LogP contribution in [0.4, 0.5) is 0 Å². The Kier molecular flexibility index (Phi) is 6.57. The molecule has 1 unspecified atom stereocenters. The van der Waals surface area contributed by atoms with Crippen molar-refractivity contribution in [3.63, 3.8) is 0 Å². The summed E-state index contributed by atoms with van der Waals surface area (Å²) in [6, 6.07) is 0. The molecule has 0 saturated carbocycles. The van der Waals surface area contributed by atoms with Gasteiger partial charge in [0, 0.05) is 6.54 Å². The Morgan fingerprint density at radius 1 is 1.36 bits per heavy atom. The number of nitrogens with one attached hydrogen (secondary N) is 1. The van der Waals surface area contributed by atoms with Gasteiger partial charge in [0.1, 0.15) is 0 Å². The monoisotopic (exact) mass is 159 g/mol. The number of hydrogen-bond donors (Lipinski definition) is 1. The van der Waals surface area contributed by atoms with Gasteiger partial charge in [-0.1, -0.05) is 13.8 Å². The summed E-state index contributed by atoms with van der Waals surface area (Å²) in [4.78, 5) is 0. The third-order valence-corrected chi connectivity index (χ3v) is 1.48. The largest absolute Gasteiger partial charge is 0.374 e. The molecule has 1 heterocycles. The predicted molar refractivity (Wildman–Crippen MR) is 48.8 cm³/mol. The molecule has 2 heteroatoms. The van der Waals surface area contributed by atoms with Crippen LogP contribution in [-0.4, -0.2) is 25.3 Å². The molecule has 0 amide bonds. The Balaban J connectivity index is 0.000000461. The molecule has 0 spiro atoms. The van der Waals surface area contributed by atoms with Crippen LogP contribution < -0.4 is 5.32 Å². The highest BCUT2D eigenvalue weighted by molar-refractivity contribution is 4.71. The first kappa shape index (κ1) is 10.9. The van der Waals surface area contributed by atoms with Crippen molar-refractivity contribution >= 4 is 0 Å². The van der Waals surface area contributed by atoms with Crippen LogP contribution in [0.25, 0.3) is 0 Å². The predicted octanol–water partition coefficient (Wildman–Crippen LogP) is 1.80. The van der Waals surface area contributed by atoms with Gasteiger partial charge in [-0.2, -0.15) is 0 Å². The van der Waals surface area contributed by atoms with Gasteiger partial charge >= 0.3 is 0 Å². The van der Waals surface area contributed by atoms with E-state index < -0.39 is 0 Å². The summed E-state index contributed by atoms with van der Waals surface area (Å²) < 4.78 is 5.55. The van der Waals surface area contributed by atoms with Crippen LogP contribution in [-0.2, 0) is 4.74 Å². The fraction of sp³-hybridized carbons (Fsp3) is 1.00.